The van der Waals surface area contributed by atoms with Crippen molar-refractivity contribution in [2.75, 3.05) is 5.43 Å². The zero-order valence-corrected chi connectivity index (χ0v) is 9.42. The van der Waals surface area contributed by atoms with Gasteiger partial charge in [-0.2, -0.15) is 0 Å². The van der Waals surface area contributed by atoms with E-state index in [1.165, 1.54) is 23.3 Å². The summed E-state index contributed by atoms with van der Waals surface area (Å²) in [6, 6.07) is 0. The average Bonchev–Trinajstić information content (AvgIpc) is 2.83. The number of nitrogens with two attached hydrogens (primary N) is 1. The van der Waals surface area contributed by atoms with E-state index in [1.807, 2.05) is 0 Å². The summed E-state index contributed by atoms with van der Waals surface area (Å²) in [5, 5.41) is 16.5. The first-order chi connectivity index (χ1) is 7.31. The Kier molecular flexibility index (Phi) is 3.08. The van der Waals surface area contributed by atoms with Crippen molar-refractivity contribution in [2.24, 2.45) is 12.9 Å². The van der Waals surface area contributed by atoms with Crippen LogP contribution in [0.25, 0.3) is 0 Å². The lowest BCUT2D eigenvalue weighted by atomic mass is 10.5. The molecule has 0 amide bonds. The minimum Gasteiger partial charge on any atom is -0.313 e. The minimum absolute atomic E-state index is 0.629. The molecule has 0 aliphatic heterocycles. The molecular weight excluding hydrogens is 236 g/mol. The van der Waals surface area contributed by atoms with Gasteiger partial charge >= 0.3 is 0 Å². The predicted octanol–water partition coefficient (Wildman–Crippen LogP) is -0.361. The number of nitrogen functional groups attached to an aromatic ring is 1. The molecule has 0 bridgehead atoms. The molecule has 0 unspecified atom stereocenters. The van der Waals surface area contributed by atoms with E-state index in [1.54, 1.807) is 11.7 Å². The molecule has 80 valence electrons. The third-order valence-corrected chi connectivity index (χ3v) is 3.33. The van der Waals surface area contributed by atoms with Gasteiger partial charge in [-0.25, -0.2) is 10.5 Å². The number of anilines is 1. The Morgan fingerprint density at radius 1 is 1.53 bits per heavy atom. The summed E-state index contributed by atoms with van der Waals surface area (Å²) in [6.07, 6.45) is 0. The second kappa shape index (κ2) is 4.51. The summed E-state index contributed by atoms with van der Waals surface area (Å²) in [5.41, 5.74) is 3.34. The first-order valence-corrected chi connectivity index (χ1v) is 5.70. The van der Waals surface area contributed by atoms with Crippen LogP contribution in [0.15, 0.2) is 5.16 Å². The lowest BCUT2D eigenvalue weighted by Crippen LogP contribution is -2.07. The van der Waals surface area contributed by atoms with Crippen molar-refractivity contribution >= 4 is 28.3 Å². The normalized spacial score (nSPS) is 10.5. The van der Waals surface area contributed by atoms with Crippen LogP contribution in [0.5, 0.6) is 0 Å². The van der Waals surface area contributed by atoms with Crippen molar-refractivity contribution in [3.8, 4) is 0 Å². The van der Waals surface area contributed by atoms with Crippen LogP contribution in [0, 0.1) is 0 Å². The number of nitrogens with zero attached hydrogens (tertiary/aromatic N) is 6. The van der Waals surface area contributed by atoms with Gasteiger partial charge in [0.05, 0.1) is 0 Å². The lowest BCUT2D eigenvalue weighted by molar-refractivity contribution is 0.664. The van der Waals surface area contributed by atoms with Crippen LogP contribution < -0.4 is 11.3 Å². The van der Waals surface area contributed by atoms with E-state index in [9.17, 15) is 0 Å². The van der Waals surface area contributed by atoms with Crippen LogP contribution in [-0.2, 0) is 12.8 Å². The van der Waals surface area contributed by atoms with E-state index in [-0.39, 0.29) is 0 Å². The van der Waals surface area contributed by atoms with E-state index in [0.29, 0.717) is 5.75 Å². The zero-order chi connectivity index (χ0) is 10.7. The maximum absolute atomic E-state index is 5.30. The van der Waals surface area contributed by atoms with E-state index in [2.05, 4.69) is 30.5 Å². The van der Waals surface area contributed by atoms with Gasteiger partial charge < -0.3 is 5.43 Å². The molecule has 8 nitrogen and oxygen atoms in total. The monoisotopic (exact) mass is 244 g/mol. The molecule has 2 aromatic heterocycles. The number of tetrazole rings is 1. The Morgan fingerprint density at radius 3 is 3.07 bits per heavy atom. The molecule has 10 heteroatoms. The lowest BCUT2D eigenvalue weighted by Gasteiger charge is -1.98. The van der Waals surface area contributed by atoms with E-state index >= 15 is 0 Å². The van der Waals surface area contributed by atoms with Crippen molar-refractivity contribution in [1.29, 1.82) is 0 Å². The summed E-state index contributed by atoms with van der Waals surface area (Å²) >= 11 is 2.70. The number of hydrogen-bond acceptors (Lipinski definition) is 9. The number of thioether (sulfide) groups is 1. The van der Waals surface area contributed by atoms with Crippen LogP contribution in [0.1, 0.15) is 5.69 Å². The zero-order valence-electron chi connectivity index (χ0n) is 7.78. The Bertz CT molecular complexity index is 436. The Labute approximate surface area is 93.4 Å². The molecule has 15 heavy (non-hydrogen) atoms. The second-order valence-corrected chi connectivity index (χ2v) is 4.26. The fraction of sp³-hybridized carbons (Fsp3) is 0.400. The van der Waals surface area contributed by atoms with Gasteiger partial charge in [0, 0.05) is 24.3 Å². The highest BCUT2D eigenvalue weighted by atomic mass is 32.2. The fourth-order valence-electron chi connectivity index (χ4n) is 0.889. The summed E-state index contributed by atoms with van der Waals surface area (Å²) < 4.78 is 5.39. The van der Waals surface area contributed by atoms with Gasteiger partial charge in [0.25, 0.3) is 0 Å². The largest absolute Gasteiger partial charge is 0.313 e. The van der Waals surface area contributed by atoms with Crippen molar-refractivity contribution in [1.82, 2.24) is 29.8 Å². The summed E-state index contributed by atoms with van der Waals surface area (Å²) in [6.45, 7) is 0. The summed E-state index contributed by atoms with van der Waals surface area (Å²) in [7, 11) is 1.78. The van der Waals surface area contributed by atoms with Crippen LogP contribution >= 0.6 is 23.3 Å². The summed E-state index contributed by atoms with van der Waals surface area (Å²) in [4.78, 5) is 0. The highest BCUT2D eigenvalue weighted by Gasteiger charge is 2.09. The van der Waals surface area contributed by atoms with Crippen LogP contribution in [0.3, 0.4) is 0 Å². The Morgan fingerprint density at radius 2 is 2.40 bits per heavy atom. The predicted molar refractivity (Wildman–Crippen MR) is 56.1 cm³/mol. The first kappa shape index (κ1) is 10.3. The molecule has 2 aromatic rings. The van der Waals surface area contributed by atoms with Crippen LogP contribution in [0.4, 0.5) is 5.00 Å². The highest BCUT2D eigenvalue weighted by molar-refractivity contribution is 7.98. The highest BCUT2D eigenvalue weighted by Crippen LogP contribution is 2.24. The molecule has 0 aliphatic carbocycles. The molecule has 2 heterocycles. The summed E-state index contributed by atoms with van der Waals surface area (Å²) in [5.74, 6) is 5.93. The van der Waals surface area contributed by atoms with Crippen molar-refractivity contribution in [3.05, 3.63) is 5.69 Å². The third-order valence-electron chi connectivity index (χ3n) is 1.61. The third kappa shape index (κ3) is 2.22. The van der Waals surface area contributed by atoms with Gasteiger partial charge in [0.2, 0.25) is 5.16 Å². The standard InChI is InChI=1S/C5H8N8S2/c1-13-5(9-10-11-13)14-2-3-4(7-6)15-12-8-3/h7H,2,6H2,1H3. The van der Waals surface area contributed by atoms with Gasteiger partial charge in [-0.3, -0.25) is 0 Å². The second-order valence-electron chi connectivity index (χ2n) is 2.57. The molecule has 0 saturated carbocycles. The molecule has 0 spiro atoms. The number of aromatic nitrogens is 6. The molecular formula is C5H8N8S2. The average molecular weight is 244 g/mol. The molecule has 0 atom stereocenters. The van der Waals surface area contributed by atoms with Crippen LogP contribution in [-0.4, -0.2) is 29.8 Å². The van der Waals surface area contributed by atoms with Gasteiger partial charge in [-0.1, -0.05) is 16.3 Å². The number of rotatable bonds is 4. The van der Waals surface area contributed by atoms with Crippen molar-refractivity contribution in [2.45, 2.75) is 10.9 Å². The van der Waals surface area contributed by atoms with Crippen LogP contribution in [0.2, 0.25) is 0 Å². The SMILES string of the molecule is Cn1nnnc1SCc1nnsc1NN. The number of aryl methyl sites for hydroxylation is 1. The number of hydrogen-bond donors (Lipinski definition) is 2. The number of hydrazine groups is 1. The Balaban J connectivity index is 2.02. The topological polar surface area (TPSA) is 107 Å². The minimum atomic E-state index is 0.629. The first-order valence-electron chi connectivity index (χ1n) is 3.94. The fourth-order valence-corrected chi connectivity index (χ4v) is 2.26. The molecule has 2 rings (SSSR count). The van der Waals surface area contributed by atoms with Gasteiger partial charge in [0.1, 0.15) is 10.7 Å². The smallest absolute Gasteiger partial charge is 0.209 e. The molecule has 0 saturated heterocycles. The Hall–Kier alpha value is -1.26. The molecule has 0 fully saturated rings. The van der Waals surface area contributed by atoms with Gasteiger partial charge in [-0.05, 0) is 10.4 Å². The molecule has 3 N–H and O–H groups in total. The van der Waals surface area contributed by atoms with Gasteiger partial charge in [-0.15, -0.1) is 10.2 Å². The van der Waals surface area contributed by atoms with E-state index in [4.69, 9.17) is 5.84 Å². The van der Waals surface area contributed by atoms with Crippen molar-refractivity contribution < 1.29 is 0 Å². The molecule has 0 aromatic carbocycles. The van der Waals surface area contributed by atoms with Gasteiger partial charge in [0.15, 0.2) is 0 Å². The molecule has 0 radical (unpaired) electrons. The van der Waals surface area contributed by atoms with Crippen molar-refractivity contribution in [3.63, 3.8) is 0 Å². The maximum Gasteiger partial charge on any atom is 0.209 e. The quantitative estimate of drug-likeness (QED) is 0.426. The van der Waals surface area contributed by atoms with E-state index in [0.717, 1.165) is 15.9 Å². The molecule has 0 aliphatic rings. The van der Waals surface area contributed by atoms with E-state index < -0.39 is 0 Å². The number of nitrogens with one attached hydrogen (secondary N) is 1. The maximum atomic E-state index is 5.30.